The molecule has 0 aliphatic rings. The molecule has 1 heterocycles. The zero-order valence-electron chi connectivity index (χ0n) is 11.7. The molecule has 4 nitrogen and oxygen atoms in total. The molecule has 0 amide bonds. The summed E-state index contributed by atoms with van der Waals surface area (Å²) in [6.07, 6.45) is 0. The molecule has 0 spiro atoms. The highest BCUT2D eigenvalue weighted by Crippen LogP contribution is 2.27. The van der Waals surface area contributed by atoms with Gasteiger partial charge < -0.3 is 10.5 Å². The number of aromatic nitrogens is 2. The van der Waals surface area contributed by atoms with Gasteiger partial charge in [-0.3, -0.25) is 4.68 Å². The minimum absolute atomic E-state index is 0.224. The van der Waals surface area contributed by atoms with E-state index in [1.165, 1.54) is 12.1 Å². The van der Waals surface area contributed by atoms with Gasteiger partial charge in [0.1, 0.15) is 23.3 Å². The van der Waals surface area contributed by atoms with E-state index in [0.29, 0.717) is 10.9 Å². The van der Waals surface area contributed by atoms with Crippen LogP contribution in [0.25, 0.3) is 0 Å². The lowest BCUT2D eigenvalue weighted by Gasteiger charge is -2.14. The van der Waals surface area contributed by atoms with Crippen molar-refractivity contribution in [1.29, 1.82) is 0 Å². The molecule has 0 unspecified atom stereocenters. The molecular weight excluding hydrogens is 281 g/mol. The maximum absolute atomic E-state index is 13.3. The predicted molar refractivity (Wildman–Crippen MR) is 76.3 cm³/mol. The van der Waals surface area contributed by atoms with Gasteiger partial charge in [-0.05, 0) is 19.9 Å². The van der Waals surface area contributed by atoms with Gasteiger partial charge in [0.2, 0.25) is 0 Å². The van der Waals surface area contributed by atoms with Gasteiger partial charge in [-0.2, -0.15) is 5.10 Å². The highest BCUT2D eigenvalue weighted by Gasteiger charge is 2.14. The molecule has 0 aliphatic heterocycles. The van der Waals surface area contributed by atoms with Crippen molar-refractivity contribution >= 4 is 11.6 Å². The minimum atomic E-state index is -0.363. The lowest BCUT2D eigenvalue weighted by Crippen LogP contribution is -2.08. The Morgan fingerprint density at radius 2 is 2.20 bits per heavy atom. The average Bonchev–Trinajstić information content (AvgIpc) is 2.61. The molecule has 2 rings (SSSR count). The van der Waals surface area contributed by atoms with E-state index in [1.54, 1.807) is 17.8 Å². The van der Waals surface area contributed by atoms with E-state index in [9.17, 15) is 4.39 Å². The van der Waals surface area contributed by atoms with Crippen molar-refractivity contribution in [2.45, 2.75) is 26.5 Å². The number of aryl methyl sites for hydroxylation is 2. The molecule has 2 N–H and O–H groups in total. The number of hydrogen-bond acceptors (Lipinski definition) is 3. The summed E-state index contributed by atoms with van der Waals surface area (Å²) >= 11 is 6.14. The van der Waals surface area contributed by atoms with Crippen molar-refractivity contribution in [3.63, 3.8) is 0 Å². The Morgan fingerprint density at radius 3 is 2.75 bits per heavy atom. The summed E-state index contributed by atoms with van der Waals surface area (Å²) in [5.74, 6) is 0.0673. The topological polar surface area (TPSA) is 53.1 Å². The third-order valence-electron chi connectivity index (χ3n) is 3.11. The second-order valence-corrected chi connectivity index (χ2v) is 5.10. The van der Waals surface area contributed by atoms with Crippen LogP contribution >= 0.6 is 11.6 Å². The summed E-state index contributed by atoms with van der Waals surface area (Å²) in [5, 5.41) is 4.72. The Morgan fingerprint density at radius 1 is 1.50 bits per heavy atom. The molecule has 0 fully saturated rings. The molecule has 1 aromatic carbocycles. The molecule has 0 saturated carbocycles. The monoisotopic (exact) mass is 297 g/mol. The maximum Gasteiger partial charge on any atom is 0.133 e. The summed E-state index contributed by atoms with van der Waals surface area (Å²) in [7, 11) is 1.76. The van der Waals surface area contributed by atoms with E-state index < -0.39 is 0 Å². The van der Waals surface area contributed by atoms with Crippen LogP contribution in [0, 0.1) is 12.7 Å². The largest absolute Gasteiger partial charge is 0.488 e. The van der Waals surface area contributed by atoms with Crippen LogP contribution in [0.5, 0.6) is 5.75 Å². The van der Waals surface area contributed by atoms with Crippen LogP contribution in [0.2, 0.25) is 5.15 Å². The quantitative estimate of drug-likeness (QED) is 0.943. The van der Waals surface area contributed by atoms with Crippen LogP contribution in [-0.4, -0.2) is 9.78 Å². The smallest absolute Gasteiger partial charge is 0.133 e. The molecule has 108 valence electrons. The molecule has 0 saturated heterocycles. The van der Waals surface area contributed by atoms with Gasteiger partial charge in [0.15, 0.2) is 0 Å². The molecule has 20 heavy (non-hydrogen) atoms. The zero-order valence-corrected chi connectivity index (χ0v) is 12.4. The van der Waals surface area contributed by atoms with Crippen LogP contribution < -0.4 is 10.5 Å². The van der Waals surface area contributed by atoms with Crippen molar-refractivity contribution in [1.82, 2.24) is 9.78 Å². The van der Waals surface area contributed by atoms with Gasteiger partial charge in [-0.1, -0.05) is 17.7 Å². The molecule has 0 bridgehead atoms. The van der Waals surface area contributed by atoms with Crippen LogP contribution in [0.3, 0.4) is 0 Å². The van der Waals surface area contributed by atoms with E-state index in [-0.39, 0.29) is 18.5 Å². The number of nitrogens with zero attached hydrogens (tertiary/aromatic N) is 2. The molecular formula is C14H17ClFN3O. The first-order valence-electron chi connectivity index (χ1n) is 6.26. The second kappa shape index (κ2) is 5.81. The lowest BCUT2D eigenvalue weighted by molar-refractivity contribution is 0.299. The van der Waals surface area contributed by atoms with Gasteiger partial charge in [-0.25, -0.2) is 4.39 Å². The fraction of sp³-hybridized carbons (Fsp3) is 0.357. The maximum atomic E-state index is 13.3. The first-order chi connectivity index (χ1) is 9.40. The van der Waals surface area contributed by atoms with Crippen LogP contribution in [0.1, 0.15) is 29.8 Å². The summed E-state index contributed by atoms with van der Waals surface area (Å²) in [4.78, 5) is 0. The van der Waals surface area contributed by atoms with Crippen LogP contribution in [0.4, 0.5) is 4.39 Å². The van der Waals surface area contributed by atoms with Crippen molar-refractivity contribution in [3.05, 3.63) is 46.0 Å². The van der Waals surface area contributed by atoms with Crippen molar-refractivity contribution in [2.24, 2.45) is 12.8 Å². The fourth-order valence-corrected chi connectivity index (χ4v) is 2.23. The predicted octanol–water partition coefficient (Wildman–Crippen LogP) is 3.12. The normalized spacial score (nSPS) is 12.5. The Balaban J connectivity index is 2.24. The second-order valence-electron chi connectivity index (χ2n) is 4.74. The van der Waals surface area contributed by atoms with Crippen molar-refractivity contribution in [2.75, 3.05) is 0 Å². The summed E-state index contributed by atoms with van der Waals surface area (Å²) in [6, 6.07) is 4.09. The van der Waals surface area contributed by atoms with Crippen molar-refractivity contribution in [3.8, 4) is 5.75 Å². The molecule has 6 heteroatoms. The van der Waals surface area contributed by atoms with Gasteiger partial charge in [0, 0.05) is 30.3 Å². The summed E-state index contributed by atoms with van der Waals surface area (Å²) < 4.78 is 20.6. The first kappa shape index (κ1) is 14.8. The number of nitrogens with two attached hydrogens (primary N) is 1. The average molecular weight is 298 g/mol. The molecule has 0 aliphatic carbocycles. The Hall–Kier alpha value is -1.59. The molecule has 0 radical (unpaired) electrons. The minimum Gasteiger partial charge on any atom is -0.488 e. The van der Waals surface area contributed by atoms with Crippen molar-refractivity contribution < 1.29 is 9.13 Å². The Labute approximate surface area is 122 Å². The lowest BCUT2D eigenvalue weighted by atomic mass is 10.1. The van der Waals surface area contributed by atoms with E-state index in [1.807, 2.05) is 13.8 Å². The highest BCUT2D eigenvalue weighted by atomic mass is 35.5. The number of ether oxygens (including phenoxy) is 1. The summed E-state index contributed by atoms with van der Waals surface area (Å²) in [5.41, 5.74) is 8.18. The van der Waals surface area contributed by atoms with Crippen LogP contribution in [-0.2, 0) is 13.7 Å². The zero-order chi connectivity index (χ0) is 14.9. The highest BCUT2D eigenvalue weighted by molar-refractivity contribution is 6.30. The molecule has 2 aromatic rings. The van der Waals surface area contributed by atoms with E-state index in [0.717, 1.165) is 16.8 Å². The van der Waals surface area contributed by atoms with E-state index >= 15 is 0 Å². The molecule has 1 aromatic heterocycles. The van der Waals surface area contributed by atoms with E-state index in [4.69, 9.17) is 22.1 Å². The Bertz CT molecular complexity index is 625. The van der Waals surface area contributed by atoms with Crippen LogP contribution in [0.15, 0.2) is 18.2 Å². The SMILES string of the molecule is Cc1nn(C)c(Cl)c1COc1cc(F)ccc1[C@H](C)N. The van der Waals surface area contributed by atoms with Gasteiger partial charge >= 0.3 is 0 Å². The van der Waals surface area contributed by atoms with Gasteiger partial charge in [0.05, 0.1) is 5.69 Å². The summed E-state index contributed by atoms with van der Waals surface area (Å²) in [6.45, 7) is 3.90. The van der Waals surface area contributed by atoms with Gasteiger partial charge in [-0.15, -0.1) is 0 Å². The molecule has 1 atom stereocenters. The third kappa shape index (κ3) is 2.94. The number of benzene rings is 1. The number of rotatable bonds is 4. The number of hydrogen-bond donors (Lipinski definition) is 1. The third-order valence-corrected chi connectivity index (χ3v) is 3.58. The fourth-order valence-electron chi connectivity index (χ4n) is 2.00. The Kier molecular flexibility index (Phi) is 4.30. The van der Waals surface area contributed by atoms with E-state index in [2.05, 4.69) is 5.10 Å². The first-order valence-corrected chi connectivity index (χ1v) is 6.63. The van der Waals surface area contributed by atoms with Gasteiger partial charge in [0.25, 0.3) is 0 Å². The number of halogens is 2. The standard InChI is InChI=1S/C14H17ClFN3O/c1-8(17)11-5-4-10(16)6-13(11)20-7-12-9(2)18-19(3)14(12)15/h4-6,8H,7,17H2,1-3H3/t8-/m0/s1.